The molecule has 0 aromatic heterocycles. The van der Waals surface area contributed by atoms with E-state index < -0.39 is 6.10 Å². The highest BCUT2D eigenvalue weighted by molar-refractivity contribution is 5.19. The van der Waals surface area contributed by atoms with E-state index in [4.69, 9.17) is 0 Å². The Kier molecular flexibility index (Phi) is 4.16. The first-order valence-electron chi connectivity index (χ1n) is 6.64. The number of aliphatic hydroxyl groups excluding tert-OH is 1. The van der Waals surface area contributed by atoms with Crippen LogP contribution in [0.1, 0.15) is 50.7 Å². The molecule has 0 spiro atoms. The molecule has 94 valence electrons. The molecule has 0 bridgehead atoms. The summed E-state index contributed by atoms with van der Waals surface area (Å²) in [5.74, 6) is 0.811. The summed E-state index contributed by atoms with van der Waals surface area (Å²) < 4.78 is 13.1. The van der Waals surface area contributed by atoms with Crippen molar-refractivity contribution in [2.24, 2.45) is 11.8 Å². The van der Waals surface area contributed by atoms with Gasteiger partial charge in [0.15, 0.2) is 0 Å². The van der Waals surface area contributed by atoms with Crippen LogP contribution in [0.3, 0.4) is 0 Å². The monoisotopic (exact) mass is 236 g/mol. The number of benzene rings is 1. The molecule has 1 saturated carbocycles. The molecule has 0 radical (unpaired) electrons. The molecule has 1 N–H and O–H groups in total. The van der Waals surface area contributed by atoms with Gasteiger partial charge in [-0.1, -0.05) is 38.3 Å². The predicted molar refractivity (Wildman–Crippen MR) is 67.1 cm³/mol. The summed E-state index contributed by atoms with van der Waals surface area (Å²) in [7, 11) is 0. The van der Waals surface area contributed by atoms with Gasteiger partial charge in [-0.25, -0.2) is 4.39 Å². The molecule has 1 nitrogen and oxygen atoms in total. The van der Waals surface area contributed by atoms with E-state index in [1.54, 1.807) is 6.07 Å². The molecule has 0 unspecified atom stereocenters. The third-order valence-corrected chi connectivity index (χ3v) is 3.92. The maximum Gasteiger partial charge on any atom is 0.123 e. The molecule has 0 aliphatic heterocycles. The van der Waals surface area contributed by atoms with E-state index in [9.17, 15) is 9.50 Å². The van der Waals surface area contributed by atoms with Crippen LogP contribution in [-0.4, -0.2) is 5.11 Å². The first-order valence-corrected chi connectivity index (χ1v) is 6.64. The van der Waals surface area contributed by atoms with Gasteiger partial charge in [0.05, 0.1) is 6.10 Å². The molecule has 1 fully saturated rings. The van der Waals surface area contributed by atoms with Gasteiger partial charge in [-0.15, -0.1) is 0 Å². The zero-order chi connectivity index (χ0) is 12.3. The fourth-order valence-corrected chi connectivity index (χ4v) is 3.03. The highest BCUT2D eigenvalue weighted by Gasteiger charge is 2.30. The van der Waals surface area contributed by atoms with Crippen LogP contribution >= 0.6 is 0 Å². The van der Waals surface area contributed by atoms with Crippen molar-refractivity contribution in [2.75, 3.05) is 0 Å². The standard InChI is InChI=1S/C15H21FO/c1-2-4-11-7-8-13(9-11)15(17)12-5-3-6-14(16)10-12/h3,5-6,10-11,13,15,17H,2,4,7-9H2,1H3/t11-,13+,15+/m0/s1. The lowest BCUT2D eigenvalue weighted by atomic mass is 9.92. The Hall–Kier alpha value is -0.890. The molecule has 1 aromatic carbocycles. The normalized spacial score (nSPS) is 26.1. The van der Waals surface area contributed by atoms with Crippen molar-refractivity contribution in [2.45, 2.75) is 45.1 Å². The molecule has 1 aliphatic carbocycles. The van der Waals surface area contributed by atoms with E-state index in [1.807, 2.05) is 6.07 Å². The summed E-state index contributed by atoms with van der Waals surface area (Å²) in [5.41, 5.74) is 0.729. The lowest BCUT2D eigenvalue weighted by Crippen LogP contribution is -2.10. The Balaban J connectivity index is 1.99. The Labute approximate surface area is 103 Å². The van der Waals surface area contributed by atoms with E-state index >= 15 is 0 Å². The van der Waals surface area contributed by atoms with Crippen LogP contribution in [0.25, 0.3) is 0 Å². The second kappa shape index (κ2) is 5.63. The topological polar surface area (TPSA) is 20.2 Å². The summed E-state index contributed by atoms with van der Waals surface area (Å²) in [5, 5.41) is 10.3. The lowest BCUT2D eigenvalue weighted by molar-refractivity contribution is 0.108. The molecule has 1 aromatic rings. The second-order valence-electron chi connectivity index (χ2n) is 5.23. The number of hydrogen-bond donors (Lipinski definition) is 1. The van der Waals surface area contributed by atoms with Gasteiger partial charge in [-0.3, -0.25) is 0 Å². The molecule has 17 heavy (non-hydrogen) atoms. The minimum absolute atomic E-state index is 0.260. The van der Waals surface area contributed by atoms with Crippen molar-refractivity contribution in [1.82, 2.24) is 0 Å². The van der Waals surface area contributed by atoms with Gasteiger partial charge in [0.25, 0.3) is 0 Å². The van der Waals surface area contributed by atoms with E-state index in [2.05, 4.69) is 6.92 Å². The van der Waals surface area contributed by atoms with E-state index in [-0.39, 0.29) is 5.82 Å². The molecule has 1 aliphatic rings. The third kappa shape index (κ3) is 3.06. The van der Waals surface area contributed by atoms with E-state index in [0.717, 1.165) is 24.3 Å². The summed E-state index contributed by atoms with van der Waals surface area (Å²) in [6, 6.07) is 6.37. The smallest absolute Gasteiger partial charge is 0.123 e. The second-order valence-corrected chi connectivity index (χ2v) is 5.23. The van der Waals surface area contributed by atoms with Crippen LogP contribution in [0.5, 0.6) is 0 Å². The first kappa shape index (κ1) is 12.6. The van der Waals surface area contributed by atoms with Crippen molar-refractivity contribution in [3.05, 3.63) is 35.6 Å². The van der Waals surface area contributed by atoms with Crippen molar-refractivity contribution >= 4 is 0 Å². The maximum atomic E-state index is 13.1. The van der Waals surface area contributed by atoms with Crippen LogP contribution in [0.2, 0.25) is 0 Å². The maximum absolute atomic E-state index is 13.1. The average molecular weight is 236 g/mol. The fourth-order valence-electron chi connectivity index (χ4n) is 3.03. The molecule has 0 saturated heterocycles. The summed E-state index contributed by atoms with van der Waals surface area (Å²) in [6.07, 6.45) is 5.35. The van der Waals surface area contributed by atoms with Crippen molar-refractivity contribution < 1.29 is 9.50 Å². The van der Waals surface area contributed by atoms with Gasteiger partial charge in [-0.2, -0.15) is 0 Å². The van der Waals surface area contributed by atoms with Crippen LogP contribution in [0.15, 0.2) is 24.3 Å². The highest BCUT2D eigenvalue weighted by atomic mass is 19.1. The van der Waals surface area contributed by atoms with Gasteiger partial charge in [0.2, 0.25) is 0 Å². The molecule has 3 atom stereocenters. The first-order chi connectivity index (χ1) is 8.20. The molecule has 0 amide bonds. The fraction of sp³-hybridized carbons (Fsp3) is 0.600. The van der Waals surface area contributed by atoms with Gasteiger partial charge in [0.1, 0.15) is 5.82 Å². The highest BCUT2D eigenvalue weighted by Crippen LogP contribution is 2.40. The predicted octanol–water partition coefficient (Wildman–Crippen LogP) is 4.08. The van der Waals surface area contributed by atoms with Gasteiger partial charge >= 0.3 is 0 Å². The number of rotatable bonds is 4. The Morgan fingerprint density at radius 1 is 1.41 bits per heavy atom. The average Bonchev–Trinajstić information content (AvgIpc) is 2.77. The van der Waals surface area contributed by atoms with Gasteiger partial charge < -0.3 is 5.11 Å². The summed E-state index contributed by atoms with van der Waals surface area (Å²) in [4.78, 5) is 0. The Morgan fingerprint density at radius 3 is 2.94 bits per heavy atom. The quantitative estimate of drug-likeness (QED) is 0.835. The van der Waals surface area contributed by atoms with Crippen molar-refractivity contribution in [1.29, 1.82) is 0 Å². The SMILES string of the molecule is CCC[C@H]1CC[C@@H]([C@H](O)c2cccc(F)c2)C1. The van der Waals surface area contributed by atoms with Crippen LogP contribution in [0.4, 0.5) is 4.39 Å². The van der Waals surface area contributed by atoms with Gasteiger partial charge in [0, 0.05) is 0 Å². The van der Waals surface area contributed by atoms with E-state index in [0.29, 0.717) is 5.92 Å². The van der Waals surface area contributed by atoms with Crippen LogP contribution < -0.4 is 0 Å². The zero-order valence-corrected chi connectivity index (χ0v) is 10.4. The minimum atomic E-state index is -0.493. The van der Waals surface area contributed by atoms with Crippen molar-refractivity contribution in [3.63, 3.8) is 0 Å². The molecule has 2 heteroatoms. The zero-order valence-electron chi connectivity index (χ0n) is 10.4. The molecule has 0 heterocycles. The van der Waals surface area contributed by atoms with E-state index in [1.165, 1.54) is 31.4 Å². The van der Waals surface area contributed by atoms with Crippen molar-refractivity contribution in [3.8, 4) is 0 Å². The largest absolute Gasteiger partial charge is 0.388 e. The Morgan fingerprint density at radius 2 is 2.24 bits per heavy atom. The summed E-state index contributed by atoms with van der Waals surface area (Å²) in [6.45, 7) is 2.20. The van der Waals surface area contributed by atoms with Crippen LogP contribution in [-0.2, 0) is 0 Å². The summed E-state index contributed by atoms with van der Waals surface area (Å²) >= 11 is 0. The number of aliphatic hydroxyl groups is 1. The number of halogens is 1. The lowest BCUT2D eigenvalue weighted by Gasteiger charge is -2.18. The molecular weight excluding hydrogens is 215 g/mol. The molecular formula is C15H21FO. The van der Waals surface area contributed by atoms with Gasteiger partial charge in [-0.05, 0) is 42.4 Å². The minimum Gasteiger partial charge on any atom is -0.388 e. The Bertz CT molecular complexity index is 364. The molecule has 2 rings (SSSR count). The van der Waals surface area contributed by atoms with Crippen LogP contribution in [0, 0.1) is 17.7 Å². The number of hydrogen-bond acceptors (Lipinski definition) is 1. The third-order valence-electron chi connectivity index (χ3n) is 3.92.